The third kappa shape index (κ3) is 4.96. The van der Waals surface area contributed by atoms with Gasteiger partial charge in [-0.15, -0.1) is 0 Å². The molecule has 2 nitrogen and oxygen atoms in total. The van der Waals surface area contributed by atoms with E-state index >= 15 is 0 Å². The molecule has 0 amide bonds. The van der Waals surface area contributed by atoms with Crippen LogP contribution < -0.4 is 5.32 Å². The van der Waals surface area contributed by atoms with Gasteiger partial charge in [0.15, 0.2) is 0 Å². The second-order valence-electron chi connectivity index (χ2n) is 7.52. The van der Waals surface area contributed by atoms with E-state index in [1.54, 1.807) is 0 Å². The summed E-state index contributed by atoms with van der Waals surface area (Å²) >= 11 is 0. The molecule has 1 aliphatic heterocycles. The average molecular weight is 295 g/mol. The molecule has 0 radical (unpaired) electrons. The molecule has 1 N–H and O–H groups in total. The third-order valence-electron chi connectivity index (χ3n) is 5.97. The van der Waals surface area contributed by atoms with E-state index in [2.05, 4.69) is 31.0 Å². The van der Waals surface area contributed by atoms with E-state index in [9.17, 15) is 0 Å². The molecule has 2 fully saturated rings. The van der Waals surface area contributed by atoms with Gasteiger partial charge in [-0.3, -0.25) is 4.90 Å². The SMILES string of the molecule is CCCCCC(C)N1CC(C2CCCCC2)NCC1CC. The van der Waals surface area contributed by atoms with Crippen LogP contribution in [0.2, 0.25) is 0 Å². The molecular formula is C19H38N2. The minimum atomic E-state index is 0.765. The molecule has 2 aliphatic rings. The van der Waals surface area contributed by atoms with Crippen molar-refractivity contribution in [3.63, 3.8) is 0 Å². The maximum Gasteiger partial charge on any atom is 0.0224 e. The van der Waals surface area contributed by atoms with Crippen LogP contribution in [0, 0.1) is 5.92 Å². The highest BCUT2D eigenvalue weighted by Gasteiger charge is 2.33. The van der Waals surface area contributed by atoms with Crippen LogP contribution in [0.25, 0.3) is 0 Å². The molecule has 0 spiro atoms. The van der Waals surface area contributed by atoms with Crippen LogP contribution in [-0.2, 0) is 0 Å². The number of hydrogen-bond donors (Lipinski definition) is 1. The molecule has 0 aromatic carbocycles. The van der Waals surface area contributed by atoms with Crippen LogP contribution in [0.15, 0.2) is 0 Å². The average Bonchev–Trinajstić information content (AvgIpc) is 2.55. The molecule has 0 aromatic rings. The Morgan fingerprint density at radius 2 is 1.86 bits per heavy atom. The quantitative estimate of drug-likeness (QED) is 0.691. The normalized spacial score (nSPS) is 30.4. The first-order valence-corrected chi connectivity index (χ1v) is 9.75. The number of unbranched alkanes of at least 4 members (excludes halogenated alkanes) is 2. The fourth-order valence-corrected chi connectivity index (χ4v) is 4.47. The number of rotatable bonds is 7. The lowest BCUT2D eigenvalue weighted by atomic mass is 9.82. The van der Waals surface area contributed by atoms with E-state index in [4.69, 9.17) is 0 Å². The summed E-state index contributed by atoms with van der Waals surface area (Å²) in [5.74, 6) is 0.946. The van der Waals surface area contributed by atoms with Crippen molar-refractivity contribution in [3.8, 4) is 0 Å². The standard InChI is InChI=1S/C19H38N2/c1-4-6-8-11-16(3)21-15-19(20-14-18(21)5-2)17-12-9-7-10-13-17/h16-20H,4-15H2,1-3H3. The van der Waals surface area contributed by atoms with Crippen LogP contribution in [0.3, 0.4) is 0 Å². The lowest BCUT2D eigenvalue weighted by Gasteiger charge is -2.46. The molecule has 1 saturated heterocycles. The lowest BCUT2D eigenvalue weighted by molar-refractivity contribution is 0.0579. The molecule has 21 heavy (non-hydrogen) atoms. The first-order valence-electron chi connectivity index (χ1n) is 9.75. The molecule has 3 unspecified atom stereocenters. The molecule has 1 saturated carbocycles. The Balaban J connectivity index is 1.88. The molecule has 0 aromatic heterocycles. The van der Waals surface area contributed by atoms with Crippen LogP contribution in [0.4, 0.5) is 0 Å². The molecule has 2 heteroatoms. The second kappa shape index (κ2) is 9.15. The van der Waals surface area contributed by atoms with Gasteiger partial charge in [0.2, 0.25) is 0 Å². The van der Waals surface area contributed by atoms with Gasteiger partial charge in [-0.2, -0.15) is 0 Å². The highest BCUT2D eigenvalue weighted by atomic mass is 15.3. The van der Waals surface area contributed by atoms with Crippen molar-refractivity contribution in [1.82, 2.24) is 10.2 Å². The zero-order chi connectivity index (χ0) is 15.1. The fourth-order valence-electron chi connectivity index (χ4n) is 4.47. The smallest absolute Gasteiger partial charge is 0.0224 e. The fraction of sp³-hybridized carbons (Fsp3) is 1.00. The minimum absolute atomic E-state index is 0.765. The van der Waals surface area contributed by atoms with E-state index in [0.29, 0.717) is 0 Å². The van der Waals surface area contributed by atoms with Crippen molar-refractivity contribution in [1.29, 1.82) is 0 Å². The molecule has 1 aliphatic carbocycles. The van der Waals surface area contributed by atoms with Crippen LogP contribution in [0.1, 0.15) is 85.0 Å². The van der Waals surface area contributed by atoms with Crippen molar-refractivity contribution in [2.75, 3.05) is 13.1 Å². The van der Waals surface area contributed by atoms with E-state index in [1.165, 1.54) is 77.3 Å². The van der Waals surface area contributed by atoms with Crippen molar-refractivity contribution in [2.24, 2.45) is 5.92 Å². The van der Waals surface area contributed by atoms with E-state index in [-0.39, 0.29) is 0 Å². The number of nitrogens with zero attached hydrogens (tertiary/aromatic N) is 1. The lowest BCUT2D eigenvalue weighted by Crippen LogP contribution is -2.60. The van der Waals surface area contributed by atoms with Crippen molar-refractivity contribution in [3.05, 3.63) is 0 Å². The van der Waals surface area contributed by atoms with Gasteiger partial charge in [-0.1, -0.05) is 52.4 Å². The second-order valence-corrected chi connectivity index (χ2v) is 7.52. The highest BCUT2D eigenvalue weighted by molar-refractivity contribution is 4.92. The van der Waals surface area contributed by atoms with E-state index < -0.39 is 0 Å². The Hall–Kier alpha value is -0.0800. The summed E-state index contributed by atoms with van der Waals surface area (Å²) in [5.41, 5.74) is 0. The molecular weight excluding hydrogens is 256 g/mol. The summed E-state index contributed by atoms with van der Waals surface area (Å²) in [5, 5.41) is 3.90. The van der Waals surface area contributed by atoms with Crippen molar-refractivity contribution < 1.29 is 0 Å². The van der Waals surface area contributed by atoms with Gasteiger partial charge in [0.05, 0.1) is 0 Å². The predicted octanol–water partition coefficient (Wildman–Crippen LogP) is 4.59. The summed E-state index contributed by atoms with van der Waals surface area (Å²) in [7, 11) is 0. The van der Waals surface area contributed by atoms with Gasteiger partial charge in [0, 0.05) is 31.2 Å². The Morgan fingerprint density at radius 3 is 2.52 bits per heavy atom. The Kier molecular flexibility index (Phi) is 7.53. The van der Waals surface area contributed by atoms with Gasteiger partial charge in [-0.25, -0.2) is 0 Å². The summed E-state index contributed by atoms with van der Waals surface area (Å²) < 4.78 is 0. The molecule has 3 atom stereocenters. The first-order chi connectivity index (χ1) is 10.3. The molecule has 0 bridgehead atoms. The van der Waals surface area contributed by atoms with Crippen LogP contribution in [-0.4, -0.2) is 36.1 Å². The Bertz CT molecular complexity index is 273. The van der Waals surface area contributed by atoms with Gasteiger partial charge in [0.1, 0.15) is 0 Å². The monoisotopic (exact) mass is 294 g/mol. The Morgan fingerprint density at radius 1 is 1.10 bits per heavy atom. The van der Waals surface area contributed by atoms with Crippen molar-refractivity contribution in [2.45, 2.75) is 103 Å². The summed E-state index contributed by atoms with van der Waals surface area (Å²) in [4.78, 5) is 2.85. The number of piperazine rings is 1. The first kappa shape index (κ1) is 17.3. The number of nitrogens with one attached hydrogen (secondary N) is 1. The summed E-state index contributed by atoms with van der Waals surface area (Å²) in [6.45, 7) is 9.66. The predicted molar refractivity (Wildman–Crippen MR) is 92.8 cm³/mol. The molecule has 124 valence electrons. The van der Waals surface area contributed by atoms with E-state index in [1.807, 2.05) is 0 Å². The van der Waals surface area contributed by atoms with Crippen LogP contribution >= 0.6 is 0 Å². The summed E-state index contributed by atoms with van der Waals surface area (Å²) in [6.07, 6.45) is 14.2. The molecule has 2 rings (SSSR count). The van der Waals surface area contributed by atoms with Crippen LogP contribution in [0.5, 0.6) is 0 Å². The summed E-state index contributed by atoms with van der Waals surface area (Å²) in [6, 6.07) is 2.30. The van der Waals surface area contributed by atoms with Gasteiger partial charge in [-0.05, 0) is 38.5 Å². The van der Waals surface area contributed by atoms with Gasteiger partial charge in [0.25, 0.3) is 0 Å². The van der Waals surface area contributed by atoms with Gasteiger partial charge < -0.3 is 5.32 Å². The van der Waals surface area contributed by atoms with E-state index in [0.717, 1.165) is 24.0 Å². The highest BCUT2D eigenvalue weighted by Crippen LogP contribution is 2.29. The maximum atomic E-state index is 3.90. The zero-order valence-corrected chi connectivity index (χ0v) is 14.7. The van der Waals surface area contributed by atoms with Crippen molar-refractivity contribution >= 4 is 0 Å². The maximum absolute atomic E-state index is 3.90. The molecule has 1 heterocycles. The Labute approximate surface area is 133 Å². The minimum Gasteiger partial charge on any atom is -0.311 e. The largest absolute Gasteiger partial charge is 0.311 e. The zero-order valence-electron chi connectivity index (χ0n) is 14.7. The topological polar surface area (TPSA) is 15.3 Å². The third-order valence-corrected chi connectivity index (χ3v) is 5.97. The van der Waals surface area contributed by atoms with Gasteiger partial charge >= 0.3 is 0 Å². The number of hydrogen-bond acceptors (Lipinski definition) is 2.